The highest BCUT2D eigenvalue weighted by molar-refractivity contribution is 6.07. The lowest BCUT2D eigenvalue weighted by atomic mass is 10.1. The van der Waals surface area contributed by atoms with Crippen LogP contribution in [-0.4, -0.2) is 51.9 Å². The van der Waals surface area contributed by atoms with Gasteiger partial charge in [0.2, 0.25) is 5.91 Å². The van der Waals surface area contributed by atoms with Crippen molar-refractivity contribution in [3.8, 4) is 0 Å². The number of hydrogen-bond donors (Lipinski definition) is 2. The van der Waals surface area contributed by atoms with Gasteiger partial charge in [-0.3, -0.25) is 14.5 Å². The molecule has 2 N–H and O–H groups in total. The van der Waals surface area contributed by atoms with Crippen molar-refractivity contribution in [3.05, 3.63) is 59.4 Å². The van der Waals surface area contributed by atoms with Crippen LogP contribution < -0.4 is 10.6 Å². The summed E-state index contributed by atoms with van der Waals surface area (Å²) in [5.74, 6) is 0.444. The topological polar surface area (TPSA) is 79.3 Å². The van der Waals surface area contributed by atoms with Gasteiger partial charge < -0.3 is 15.2 Å². The van der Waals surface area contributed by atoms with E-state index in [1.54, 1.807) is 6.07 Å². The van der Waals surface area contributed by atoms with Crippen LogP contribution in [0.25, 0.3) is 11.0 Å². The zero-order valence-electron chi connectivity index (χ0n) is 20.6. The molecule has 2 amide bonds. The molecule has 0 radical (unpaired) electrons. The van der Waals surface area contributed by atoms with Crippen molar-refractivity contribution in [2.24, 2.45) is 5.92 Å². The third-order valence-electron chi connectivity index (χ3n) is 6.66. The van der Waals surface area contributed by atoms with Crippen LogP contribution in [0.1, 0.15) is 55.4 Å². The Morgan fingerprint density at radius 3 is 2.65 bits per heavy atom. The van der Waals surface area contributed by atoms with E-state index in [0.717, 1.165) is 36.4 Å². The van der Waals surface area contributed by atoms with Crippen LogP contribution >= 0.6 is 0 Å². The minimum Gasteiger partial charge on any atom is -0.350 e. The monoisotopic (exact) mass is 461 g/mol. The summed E-state index contributed by atoms with van der Waals surface area (Å²) < 4.78 is 2.08. The van der Waals surface area contributed by atoms with Crippen molar-refractivity contribution >= 4 is 28.5 Å². The van der Waals surface area contributed by atoms with E-state index in [1.807, 2.05) is 45.0 Å². The number of aromatic nitrogens is 2. The number of fused-ring (bicyclic) bond motifs is 1. The Balaban J connectivity index is 1.71. The Labute approximate surface area is 201 Å². The maximum absolute atomic E-state index is 13.5. The smallest absolute Gasteiger partial charge is 0.253 e. The first-order chi connectivity index (χ1) is 16.4. The van der Waals surface area contributed by atoms with Gasteiger partial charge in [0.25, 0.3) is 5.91 Å². The van der Waals surface area contributed by atoms with Crippen LogP contribution in [0.3, 0.4) is 0 Å². The highest BCUT2D eigenvalue weighted by Crippen LogP contribution is 2.27. The fourth-order valence-electron chi connectivity index (χ4n) is 4.72. The second-order valence-electron chi connectivity index (χ2n) is 9.40. The Morgan fingerprint density at radius 2 is 1.94 bits per heavy atom. The predicted molar refractivity (Wildman–Crippen MR) is 136 cm³/mol. The quantitative estimate of drug-likeness (QED) is 0.527. The lowest BCUT2D eigenvalue weighted by molar-refractivity contribution is -0.118. The Morgan fingerprint density at radius 1 is 1.18 bits per heavy atom. The van der Waals surface area contributed by atoms with Crippen molar-refractivity contribution in [1.82, 2.24) is 19.8 Å². The number of likely N-dealkylation sites (N-methyl/N-ethyl adjacent to an activating group) is 1. The molecule has 1 saturated heterocycles. The van der Waals surface area contributed by atoms with Crippen LogP contribution in [0, 0.1) is 12.8 Å². The summed E-state index contributed by atoms with van der Waals surface area (Å²) >= 11 is 0. The fourth-order valence-corrected chi connectivity index (χ4v) is 4.72. The van der Waals surface area contributed by atoms with Gasteiger partial charge in [0.1, 0.15) is 5.82 Å². The fraction of sp³-hybridized carbons (Fsp3) is 0.444. The van der Waals surface area contributed by atoms with Crippen LogP contribution in [0.2, 0.25) is 0 Å². The van der Waals surface area contributed by atoms with Gasteiger partial charge in [-0.25, -0.2) is 4.98 Å². The maximum Gasteiger partial charge on any atom is 0.253 e. The average Bonchev–Trinajstić information content (AvgIpc) is 3.41. The molecular weight excluding hydrogens is 426 g/mol. The van der Waals surface area contributed by atoms with Crippen LogP contribution in [0.15, 0.2) is 42.5 Å². The van der Waals surface area contributed by atoms with E-state index >= 15 is 0 Å². The van der Waals surface area contributed by atoms with Gasteiger partial charge in [0.05, 0.1) is 16.6 Å². The molecule has 2 aromatic carbocycles. The zero-order valence-corrected chi connectivity index (χ0v) is 20.6. The SMILES string of the molecule is CCN1CCC[C@@H]1CNC(=O)c1cc(NC(=O)C(C)C)cc2nc(C)n(Cc3ccccc3)c12. The lowest BCUT2D eigenvalue weighted by Crippen LogP contribution is -2.40. The molecule has 0 aliphatic carbocycles. The number of benzene rings is 2. The predicted octanol–water partition coefficient (Wildman–Crippen LogP) is 4.20. The molecule has 7 heteroatoms. The van der Waals surface area contributed by atoms with E-state index in [4.69, 9.17) is 4.98 Å². The Bertz CT molecular complexity index is 1170. The summed E-state index contributed by atoms with van der Waals surface area (Å²) in [4.78, 5) is 33.0. The van der Waals surface area contributed by atoms with E-state index in [9.17, 15) is 9.59 Å². The summed E-state index contributed by atoms with van der Waals surface area (Å²) in [6.07, 6.45) is 2.26. The number of aryl methyl sites for hydroxylation is 1. The molecule has 0 saturated carbocycles. The van der Waals surface area contributed by atoms with Crippen molar-refractivity contribution in [2.75, 3.05) is 25.0 Å². The second kappa shape index (κ2) is 10.4. The third-order valence-corrected chi connectivity index (χ3v) is 6.66. The van der Waals surface area contributed by atoms with Crippen molar-refractivity contribution in [2.45, 2.75) is 53.1 Å². The summed E-state index contributed by atoms with van der Waals surface area (Å²) in [6.45, 7) is 11.1. The summed E-state index contributed by atoms with van der Waals surface area (Å²) in [7, 11) is 0. The van der Waals surface area contributed by atoms with E-state index in [-0.39, 0.29) is 17.7 Å². The summed E-state index contributed by atoms with van der Waals surface area (Å²) in [5.41, 5.74) is 3.76. The number of anilines is 1. The molecule has 180 valence electrons. The van der Waals surface area contributed by atoms with Crippen LogP contribution in [-0.2, 0) is 11.3 Å². The normalized spacial score (nSPS) is 16.3. The van der Waals surface area contributed by atoms with Gasteiger partial charge in [-0.15, -0.1) is 0 Å². The molecule has 4 rings (SSSR count). The number of hydrogen-bond acceptors (Lipinski definition) is 4. The number of nitrogens with one attached hydrogen (secondary N) is 2. The molecule has 0 unspecified atom stereocenters. The molecule has 1 aliphatic rings. The molecule has 2 heterocycles. The van der Waals surface area contributed by atoms with E-state index in [0.29, 0.717) is 35.9 Å². The first kappa shape index (κ1) is 24.0. The molecule has 1 aliphatic heterocycles. The highest BCUT2D eigenvalue weighted by Gasteiger charge is 2.25. The molecule has 34 heavy (non-hydrogen) atoms. The van der Waals surface area contributed by atoms with Gasteiger partial charge in [-0.1, -0.05) is 51.1 Å². The van der Waals surface area contributed by atoms with E-state index < -0.39 is 0 Å². The van der Waals surface area contributed by atoms with Gasteiger partial charge in [0, 0.05) is 30.7 Å². The van der Waals surface area contributed by atoms with Crippen molar-refractivity contribution < 1.29 is 9.59 Å². The lowest BCUT2D eigenvalue weighted by Gasteiger charge is -2.23. The molecule has 3 aromatic rings. The van der Waals surface area contributed by atoms with Crippen molar-refractivity contribution in [1.29, 1.82) is 0 Å². The number of carbonyl (C=O) groups excluding carboxylic acids is 2. The Kier molecular flexibility index (Phi) is 7.32. The number of likely N-dealkylation sites (tertiary alicyclic amines) is 1. The number of imidazole rings is 1. The van der Waals surface area contributed by atoms with Crippen molar-refractivity contribution in [3.63, 3.8) is 0 Å². The zero-order chi connectivity index (χ0) is 24.2. The molecule has 1 fully saturated rings. The van der Waals surface area contributed by atoms with Gasteiger partial charge in [-0.05, 0) is 50.6 Å². The highest BCUT2D eigenvalue weighted by atomic mass is 16.2. The summed E-state index contributed by atoms with van der Waals surface area (Å²) in [6, 6.07) is 14.2. The standard InChI is InChI=1S/C27H35N5O2/c1-5-31-13-9-12-22(31)16-28-27(34)23-14-21(30-26(33)18(2)3)15-24-25(23)32(19(4)29-24)17-20-10-7-6-8-11-20/h6-8,10-11,14-15,18,22H,5,9,12-13,16-17H2,1-4H3,(H,28,34)(H,30,33)/t22-/m1/s1. The Hall–Kier alpha value is -3.19. The number of carbonyl (C=O) groups is 2. The third kappa shape index (κ3) is 5.14. The van der Waals surface area contributed by atoms with Gasteiger partial charge >= 0.3 is 0 Å². The van der Waals surface area contributed by atoms with E-state index in [1.165, 1.54) is 6.42 Å². The molecule has 0 bridgehead atoms. The van der Waals surface area contributed by atoms with Gasteiger partial charge in [-0.2, -0.15) is 0 Å². The first-order valence-corrected chi connectivity index (χ1v) is 12.2. The van der Waals surface area contributed by atoms with E-state index in [2.05, 4.69) is 39.2 Å². The summed E-state index contributed by atoms with van der Waals surface area (Å²) in [5, 5.41) is 6.11. The first-order valence-electron chi connectivity index (χ1n) is 12.2. The number of nitrogens with zero attached hydrogens (tertiary/aromatic N) is 3. The number of amides is 2. The average molecular weight is 462 g/mol. The maximum atomic E-state index is 13.5. The molecular formula is C27H35N5O2. The van der Waals surface area contributed by atoms with Gasteiger partial charge in [0.15, 0.2) is 0 Å². The largest absolute Gasteiger partial charge is 0.350 e. The second-order valence-corrected chi connectivity index (χ2v) is 9.40. The molecule has 7 nitrogen and oxygen atoms in total. The minimum absolute atomic E-state index is 0.0873. The molecule has 0 spiro atoms. The number of rotatable bonds is 8. The van der Waals surface area contributed by atoms with Crippen LogP contribution in [0.4, 0.5) is 5.69 Å². The molecule has 1 aromatic heterocycles. The minimum atomic E-state index is -0.159. The molecule has 1 atom stereocenters. The van der Waals surface area contributed by atoms with Crippen LogP contribution in [0.5, 0.6) is 0 Å².